The van der Waals surface area contributed by atoms with Crippen molar-refractivity contribution in [1.29, 1.82) is 0 Å². The molecule has 0 radical (unpaired) electrons. The fourth-order valence-electron chi connectivity index (χ4n) is 7.21. The van der Waals surface area contributed by atoms with Crippen molar-refractivity contribution in [3.05, 3.63) is 130 Å². The van der Waals surface area contributed by atoms with E-state index in [0.717, 1.165) is 21.7 Å². The van der Waals surface area contributed by atoms with Gasteiger partial charge in [-0.25, -0.2) is 4.79 Å². The number of carbonyl (C=O) groups is 4. The number of aliphatic imine (C=N–C) groups is 1. The van der Waals surface area contributed by atoms with Gasteiger partial charge in [0.05, 0.1) is 42.5 Å². The summed E-state index contributed by atoms with van der Waals surface area (Å²) in [6.07, 6.45) is -1.05. The molecular weight excluding hydrogens is 820 g/mol. The first-order valence-corrected chi connectivity index (χ1v) is 21.0. The number of hydrogen-bond donors (Lipinski definition) is 1. The molecular formula is C46H49ClN4O9S. The average molecular weight is 869 g/mol. The molecule has 2 N–H and O–H groups in total. The molecule has 0 saturated carbocycles. The summed E-state index contributed by atoms with van der Waals surface area (Å²) in [4.78, 5) is 63.0. The molecule has 0 aromatic heterocycles. The monoisotopic (exact) mass is 868 g/mol. The first-order chi connectivity index (χ1) is 29.4. The van der Waals surface area contributed by atoms with Crippen molar-refractivity contribution in [3.63, 3.8) is 0 Å². The number of hydrogen-bond acceptors (Lipinski definition) is 13. The van der Waals surface area contributed by atoms with Crippen molar-refractivity contribution >= 4 is 58.6 Å². The normalized spacial score (nSPS) is 18.9. The topological polar surface area (TPSA) is 159 Å². The molecule has 0 bridgehead atoms. The van der Waals surface area contributed by atoms with Gasteiger partial charge in [0.2, 0.25) is 0 Å². The standard InChI is InChI=1S/C46H49ClN4O9S/c1-28-39(45(54)56-5)40(34-10-6-7-11-35(34)47)41(36(49-28)27-57-25-22-48)46(55)60-33-18-14-30(15-19-33)26-58-32-20-16-31(17-21-32)43-42(59-29(2)52)44(53)51(24-23-50(3)4)37-12-8-9-13-38(37)61-43/h6-21,39-40,42-43H,22-27,48H2,1-5H3/t39?,40?,42-,43+/m1/s1. The molecule has 4 aromatic rings. The van der Waals surface area contributed by atoms with Crippen molar-refractivity contribution in [2.45, 2.75) is 42.6 Å². The van der Waals surface area contributed by atoms with Gasteiger partial charge in [-0.2, -0.15) is 0 Å². The Labute approximate surface area is 364 Å². The predicted octanol–water partition coefficient (Wildman–Crippen LogP) is 6.77. The number of amides is 1. The Balaban J connectivity index is 1.18. The third kappa shape index (κ3) is 10.9. The molecule has 320 valence electrons. The van der Waals surface area contributed by atoms with Gasteiger partial charge in [-0.15, -0.1) is 11.8 Å². The highest BCUT2D eigenvalue weighted by Gasteiger charge is 2.44. The summed E-state index contributed by atoms with van der Waals surface area (Å²) in [5.74, 6) is -3.09. The van der Waals surface area contributed by atoms with E-state index in [1.54, 1.807) is 60.4 Å². The second kappa shape index (κ2) is 20.8. The van der Waals surface area contributed by atoms with E-state index in [9.17, 15) is 19.2 Å². The maximum atomic E-state index is 14.1. The van der Waals surface area contributed by atoms with Crippen LogP contribution in [0.25, 0.3) is 0 Å². The molecule has 4 atom stereocenters. The number of thioether (sulfide) groups is 1. The number of methoxy groups -OCH3 is 1. The summed E-state index contributed by atoms with van der Waals surface area (Å²) in [5.41, 5.74) is 9.44. The Morgan fingerprint density at radius 2 is 1.61 bits per heavy atom. The van der Waals surface area contributed by atoms with Crippen LogP contribution < -0.4 is 20.1 Å². The van der Waals surface area contributed by atoms with E-state index in [2.05, 4.69) is 4.99 Å². The van der Waals surface area contributed by atoms with Gasteiger partial charge in [0, 0.05) is 48.1 Å². The van der Waals surface area contributed by atoms with Crippen LogP contribution >= 0.6 is 23.4 Å². The Kier molecular flexibility index (Phi) is 15.4. The van der Waals surface area contributed by atoms with E-state index in [1.165, 1.54) is 25.8 Å². The number of likely N-dealkylation sites (N-methyl/N-ethyl adjacent to an activating group) is 1. The van der Waals surface area contributed by atoms with Gasteiger partial charge in [0.15, 0.2) is 6.10 Å². The molecule has 61 heavy (non-hydrogen) atoms. The maximum absolute atomic E-state index is 14.1. The molecule has 2 aliphatic rings. The number of nitrogens with two attached hydrogens (primary N) is 1. The lowest BCUT2D eigenvalue weighted by molar-refractivity contribution is -0.152. The Morgan fingerprint density at radius 3 is 2.28 bits per heavy atom. The molecule has 6 rings (SSSR count). The van der Waals surface area contributed by atoms with Crippen LogP contribution in [0.3, 0.4) is 0 Å². The van der Waals surface area contributed by atoms with Crippen LogP contribution in [0.15, 0.2) is 118 Å². The number of para-hydroxylation sites is 1. The molecule has 0 saturated heterocycles. The second-order valence-electron chi connectivity index (χ2n) is 14.7. The van der Waals surface area contributed by atoms with Crippen LogP contribution in [0, 0.1) is 5.92 Å². The molecule has 0 aliphatic carbocycles. The van der Waals surface area contributed by atoms with Gasteiger partial charge in [-0.3, -0.25) is 19.4 Å². The summed E-state index contributed by atoms with van der Waals surface area (Å²) in [5, 5.41) is -0.146. The quantitative estimate of drug-likeness (QED) is 0.0717. The first kappa shape index (κ1) is 45.0. The molecule has 2 heterocycles. The lowest BCUT2D eigenvalue weighted by Crippen LogP contribution is -2.45. The molecule has 2 unspecified atom stereocenters. The third-order valence-electron chi connectivity index (χ3n) is 10.1. The summed E-state index contributed by atoms with van der Waals surface area (Å²) < 4.78 is 28.7. The Hall–Kier alpha value is -5.51. The number of carbonyl (C=O) groups excluding carboxylic acids is 4. The molecule has 13 nitrogen and oxygen atoms in total. The van der Waals surface area contributed by atoms with E-state index in [1.807, 2.05) is 67.5 Å². The fourth-order valence-corrected chi connectivity index (χ4v) is 8.79. The molecule has 2 aliphatic heterocycles. The van der Waals surface area contributed by atoms with Gasteiger partial charge < -0.3 is 39.2 Å². The number of rotatable bonds is 16. The minimum Gasteiger partial charge on any atom is -0.489 e. The lowest BCUT2D eigenvalue weighted by Gasteiger charge is -2.32. The van der Waals surface area contributed by atoms with Gasteiger partial charge >= 0.3 is 17.9 Å². The number of benzene rings is 4. The number of halogens is 1. The SMILES string of the molecule is COC(=O)C1C(C)=NC(COCCN)=C(C(=O)Oc2ccc(COc3ccc([C@@H]4Sc5ccccc5N(CCN(C)C)C(=O)[C@@H]4OC(C)=O)cc3)cc2)C1c1ccccc1Cl. The zero-order chi connectivity index (χ0) is 43.6. The second-order valence-corrected chi connectivity index (χ2v) is 16.3. The largest absolute Gasteiger partial charge is 0.489 e. The summed E-state index contributed by atoms with van der Waals surface area (Å²) in [7, 11) is 5.17. The number of nitrogens with zero attached hydrogens (tertiary/aromatic N) is 3. The van der Waals surface area contributed by atoms with Gasteiger partial charge in [-0.05, 0) is 80.2 Å². The molecule has 15 heteroatoms. The summed E-state index contributed by atoms with van der Waals surface area (Å²) in [6.45, 7) is 4.73. The van der Waals surface area contributed by atoms with E-state index in [-0.39, 0.29) is 43.6 Å². The molecule has 1 amide bonds. The van der Waals surface area contributed by atoms with Crippen molar-refractivity contribution in [1.82, 2.24) is 4.90 Å². The van der Waals surface area contributed by atoms with Gasteiger partial charge in [0.1, 0.15) is 24.0 Å². The Morgan fingerprint density at radius 1 is 0.918 bits per heavy atom. The van der Waals surface area contributed by atoms with Crippen LogP contribution in [0.4, 0.5) is 5.69 Å². The van der Waals surface area contributed by atoms with Crippen molar-refractivity contribution in [2.75, 3.05) is 59.0 Å². The number of fused-ring (bicyclic) bond motifs is 1. The van der Waals surface area contributed by atoms with Crippen molar-refractivity contribution in [2.24, 2.45) is 16.6 Å². The average Bonchev–Trinajstić information content (AvgIpc) is 3.35. The smallest absolute Gasteiger partial charge is 0.342 e. The first-order valence-electron chi connectivity index (χ1n) is 19.7. The zero-order valence-corrected chi connectivity index (χ0v) is 36.2. The predicted molar refractivity (Wildman–Crippen MR) is 234 cm³/mol. The van der Waals surface area contributed by atoms with Crippen LogP contribution in [0.1, 0.15) is 41.7 Å². The highest BCUT2D eigenvalue weighted by atomic mass is 35.5. The minimum absolute atomic E-state index is 0.0426. The Bertz CT molecular complexity index is 2280. The van der Waals surface area contributed by atoms with E-state index in [4.69, 9.17) is 41.0 Å². The van der Waals surface area contributed by atoms with E-state index in [0.29, 0.717) is 40.8 Å². The maximum Gasteiger partial charge on any atom is 0.342 e. The van der Waals surface area contributed by atoms with Gasteiger partial charge in [-0.1, -0.05) is 66.2 Å². The number of ether oxygens (including phenoxy) is 5. The fraction of sp³-hybridized carbons (Fsp3) is 0.326. The summed E-state index contributed by atoms with van der Waals surface area (Å²) in [6, 6.07) is 28.9. The van der Waals surface area contributed by atoms with E-state index < -0.39 is 41.1 Å². The number of anilines is 1. The molecule has 0 fully saturated rings. The van der Waals surface area contributed by atoms with E-state index >= 15 is 0 Å². The molecule has 4 aromatic carbocycles. The lowest BCUT2D eigenvalue weighted by atomic mass is 9.75. The van der Waals surface area contributed by atoms with Crippen molar-refractivity contribution < 1.29 is 42.9 Å². The molecule has 0 spiro atoms. The minimum atomic E-state index is -1.05. The van der Waals surface area contributed by atoms with Gasteiger partial charge in [0.25, 0.3) is 5.91 Å². The zero-order valence-electron chi connectivity index (χ0n) is 34.7. The summed E-state index contributed by atoms with van der Waals surface area (Å²) >= 11 is 8.15. The highest BCUT2D eigenvalue weighted by Crippen LogP contribution is 2.47. The van der Waals surface area contributed by atoms with Crippen LogP contribution in [0.2, 0.25) is 5.02 Å². The van der Waals surface area contributed by atoms with Crippen LogP contribution in [-0.2, 0) is 40.0 Å². The van der Waals surface area contributed by atoms with Crippen molar-refractivity contribution in [3.8, 4) is 11.5 Å². The van der Waals surface area contributed by atoms with Crippen LogP contribution in [0.5, 0.6) is 11.5 Å². The third-order valence-corrected chi connectivity index (χ3v) is 11.9. The highest BCUT2D eigenvalue weighted by molar-refractivity contribution is 7.99. The number of esters is 3. The van der Waals surface area contributed by atoms with Crippen LogP contribution in [-0.4, -0.2) is 94.6 Å².